The van der Waals surface area contributed by atoms with Crippen LogP contribution in [0.3, 0.4) is 0 Å². The number of aromatic amines is 1. The van der Waals surface area contributed by atoms with Crippen LogP contribution in [0.2, 0.25) is 0 Å². The number of H-pyrrole nitrogens is 1. The molecule has 3 aromatic rings. The van der Waals surface area contributed by atoms with Gasteiger partial charge in [-0.05, 0) is 37.5 Å². The van der Waals surface area contributed by atoms with Crippen molar-refractivity contribution in [2.24, 2.45) is 7.05 Å². The second-order valence-corrected chi connectivity index (χ2v) is 6.17. The van der Waals surface area contributed by atoms with Crippen molar-refractivity contribution in [2.45, 2.75) is 33.1 Å². The summed E-state index contributed by atoms with van der Waals surface area (Å²) in [6.45, 7) is 4.79. The molecule has 5 nitrogen and oxygen atoms in total. The fourth-order valence-electron chi connectivity index (χ4n) is 3.17. The first kappa shape index (κ1) is 16.3. The molecule has 0 bridgehead atoms. The second-order valence-electron chi connectivity index (χ2n) is 6.17. The van der Waals surface area contributed by atoms with Crippen LogP contribution in [0, 0.1) is 6.92 Å². The number of rotatable bonds is 6. The van der Waals surface area contributed by atoms with E-state index in [4.69, 9.17) is 0 Å². The molecular weight excluding hydrogens is 300 g/mol. The monoisotopic (exact) mass is 324 g/mol. The summed E-state index contributed by atoms with van der Waals surface area (Å²) in [7, 11) is 1.82. The average molecular weight is 324 g/mol. The third-order valence-electron chi connectivity index (χ3n) is 4.36. The minimum Gasteiger partial charge on any atom is -0.358 e. The van der Waals surface area contributed by atoms with E-state index in [1.807, 2.05) is 25.2 Å². The van der Waals surface area contributed by atoms with Gasteiger partial charge in [0.2, 0.25) is 0 Å². The smallest absolute Gasteiger partial charge is 0.269 e. The minimum atomic E-state index is -0.0650. The fourth-order valence-corrected chi connectivity index (χ4v) is 3.17. The first-order valence-electron chi connectivity index (χ1n) is 8.47. The highest BCUT2D eigenvalue weighted by atomic mass is 16.2. The number of nitrogens with zero attached hydrogens (tertiary/aromatic N) is 2. The van der Waals surface area contributed by atoms with Crippen molar-refractivity contribution >= 4 is 16.8 Å². The topological polar surface area (TPSA) is 62.7 Å². The van der Waals surface area contributed by atoms with Crippen molar-refractivity contribution in [2.75, 3.05) is 6.54 Å². The van der Waals surface area contributed by atoms with Gasteiger partial charge in [-0.2, -0.15) is 5.10 Å². The zero-order valence-corrected chi connectivity index (χ0v) is 14.5. The molecule has 3 rings (SSSR count). The molecular formula is C19H24N4O. The number of benzene rings is 1. The summed E-state index contributed by atoms with van der Waals surface area (Å²) >= 11 is 0. The Kier molecular flexibility index (Phi) is 4.69. The zero-order valence-electron chi connectivity index (χ0n) is 14.5. The van der Waals surface area contributed by atoms with Gasteiger partial charge in [-0.15, -0.1) is 0 Å². The summed E-state index contributed by atoms with van der Waals surface area (Å²) in [4.78, 5) is 15.8. The van der Waals surface area contributed by atoms with Crippen LogP contribution in [-0.2, 0) is 19.9 Å². The maximum Gasteiger partial charge on any atom is 0.269 e. The molecule has 0 aliphatic rings. The zero-order chi connectivity index (χ0) is 17.1. The molecule has 1 aromatic carbocycles. The van der Waals surface area contributed by atoms with Gasteiger partial charge in [0.05, 0.1) is 5.69 Å². The van der Waals surface area contributed by atoms with E-state index in [2.05, 4.69) is 41.4 Å². The van der Waals surface area contributed by atoms with Crippen LogP contribution in [0.25, 0.3) is 10.9 Å². The number of hydrogen-bond donors (Lipinski definition) is 2. The number of aromatic nitrogens is 3. The largest absolute Gasteiger partial charge is 0.358 e. The number of amides is 1. The minimum absolute atomic E-state index is 0.0650. The van der Waals surface area contributed by atoms with Gasteiger partial charge in [-0.25, -0.2) is 0 Å². The van der Waals surface area contributed by atoms with E-state index < -0.39 is 0 Å². The first-order valence-corrected chi connectivity index (χ1v) is 8.47. The highest BCUT2D eigenvalue weighted by Crippen LogP contribution is 2.21. The molecule has 0 fully saturated rings. The highest BCUT2D eigenvalue weighted by molar-refractivity contribution is 5.92. The Balaban J connectivity index is 1.65. The van der Waals surface area contributed by atoms with E-state index in [0.29, 0.717) is 12.2 Å². The van der Waals surface area contributed by atoms with Gasteiger partial charge in [-0.3, -0.25) is 9.48 Å². The average Bonchev–Trinajstić information content (AvgIpc) is 3.08. The predicted molar refractivity (Wildman–Crippen MR) is 96.3 cm³/mol. The van der Waals surface area contributed by atoms with E-state index in [0.717, 1.165) is 36.2 Å². The molecule has 0 saturated carbocycles. The molecule has 2 aromatic heterocycles. The number of para-hydroxylation sites is 1. The highest BCUT2D eigenvalue weighted by Gasteiger charge is 2.13. The Morgan fingerprint density at radius 1 is 1.29 bits per heavy atom. The molecule has 0 aliphatic carbocycles. The third kappa shape index (κ3) is 3.20. The van der Waals surface area contributed by atoms with E-state index >= 15 is 0 Å². The first-order chi connectivity index (χ1) is 11.6. The number of fused-ring (bicyclic) bond motifs is 1. The van der Waals surface area contributed by atoms with Gasteiger partial charge in [-0.1, -0.05) is 31.5 Å². The van der Waals surface area contributed by atoms with Crippen molar-refractivity contribution < 1.29 is 4.79 Å². The number of carbonyl (C=O) groups excluding carboxylic acids is 1. The van der Waals surface area contributed by atoms with Gasteiger partial charge < -0.3 is 10.3 Å². The molecule has 0 spiro atoms. The molecule has 0 aliphatic heterocycles. The summed E-state index contributed by atoms with van der Waals surface area (Å²) < 4.78 is 1.66. The second kappa shape index (κ2) is 6.91. The number of hydrogen-bond acceptors (Lipinski definition) is 2. The lowest BCUT2D eigenvalue weighted by Crippen LogP contribution is -2.27. The van der Waals surface area contributed by atoms with Crippen LogP contribution in [0.15, 0.2) is 30.3 Å². The Bertz CT molecular complexity index is 860. The Hall–Kier alpha value is -2.56. The molecule has 24 heavy (non-hydrogen) atoms. The quantitative estimate of drug-likeness (QED) is 0.732. The van der Waals surface area contributed by atoms with E-state index in [-0.39, 0.29) is 5.91 Å². The Morgan fingerprint density at radius 3 is 2.88 bits per heavy atom. The van der Waals surface area contributed by atoms with Gasteiger partial charge in [0, 0.05) is 30.2 Å². The molecule has 1 amide bonds. The van der Waals surface area contributed by atoms with E-state index in [9.17, 15) is 4.79 Å². The van der Waals surface area contributed by atoms with Crippen molar-refractivity contribution in [3.63, 3.8) is 0 Å². The van der Waals surface area contributed by atoms with Crippen molar-refractivity contribution in [3.8, 4) is 0 Å². The lowest BCUT2D eigenvalue weighted by atomic mass is 10.1. The number of nitrogens with one attached hydrogen (secondary N) is 2. The van der Waals surface area contributed by atoms with Gasteiger partial charge in [0.1, 0.15) is 5.69 Å². The van der Waals surface area contributed by atoms with Crippen molar-refractivity contribution in [3.05, 3.63) is 53.0 Å². The summed E-state index contributed by atoms with van der Waals surface area (Å²) in [6, 6.07) is 10.2. The van der Waals surface area contributed by atoms with Crippen LogP contribution in [0.1, 0.15) is 40.8 Å². The van der Waals surface area contributed by atoms with E-state index in [1.54, 1.807) is 4.68 Å². The van der Waals surface area contributed by atoms with Crippen LogP contribution < -0.4 is 5.32 Å². The maximum absolute atomic E-state index is 12.4. The van der Waals surface area contributed by atoms with Gasteiger partial charge >= 0.3 is 0 Å². The van der Waals surface area contributed by atoms with E-state index in [1.165, 1.54) is 10.9 Å². The summed E-state index contributed by atoms with van der Waals surface area (Å²) in [5.74, 6) is -0.0650. The SMILES string of the molecule is CCCc1cc(C(=O)NCCc2c(C)[nH]c3ccccc23)n(C)n1. The Morgan fingerprint density at radius 2 is 2.08 bits per heavy atom. The van der Waals surface area contributed by atoms with Crippen LogP contribution in [0.4, 0.5) is 0 Å². The summed E-state index contributed by atoms with van der Waals surface area (Å²) in [5, 5.41) is 8.63. The molecule has 0 unspecified atom stereocenters. The fraction of sp³-hybridized carbons (Fsp3) is 0.368. The maximum atomic E-state index is 12.4. The summed E-state index contributed by atoms with van der Waals surface area (Å²) in [5.41, 5.74) is 5.16. The summed E-state index contributed by atoms with van der Waals surface area (Å²) in [6.07, 6.45) is 2.73. The molecule has 2 heterocycles. The molecule has 2 N–H and O–H groups in total. The van der Waals surface area contributed by atoms with Crippen LogP contribution in [-0.4, -0.2) is 27.2 Å². The number of carbonyl (C=O) groups is 1. The van der Waals surface area contributed by atoms with Crippen LogP contribution in [0.5, 0.6) is 0 Å². The lowest BCUT2D eigenvalue weighted by molar-refractivity contribution is 0.0944. The number of aryl methyl sites for hydroxylation is 3. The van der Waals surface area contributed by atoms with Gasteiger partial charge in [0.15, 0.2) is 0 Å². The van der Waals surface area contributed by atoms with Crippen LogP contribution >= 0.6 is 0 Å². The predicted octanol–water partition coefficient (Wildman–Crippen LogP) is 3.13. The Labute approximate surface area is 142 Å². The molecule has 0 radical (unpaired) electrons. The van der Waals surface area contributed by atoms with Gasteiger partial charge in [0.25, 0.3) is 5.91 Å². The third-order valence-corrected chi connectivity index (χ3v) is 4.36. The van der Waals surface area contributed by atoms with Crippen molar-refractivity contribution in [1.82, 2.24) is 20.1 Å². The standard InChI is InChI=1S/C19H24N4O/c1-4-7-14-12-18(23(3)22-14)19(24)20-11-10-15-13(2)21-17-9-6-5-8-16(15)17/h5-6,8-9,12,21H,4,7,10-11H2,1-3H3,(H,20,24). The normalized spacial score (nSPS) is 11.1. The molecule has 0 saturated heterocycles. The lowest BCUT2D eigenvalue weighted by Gasteiger charge is -2.06. The molecule has 0 atom stereocenters. The molecule has 126 valence electrons. The van der Waals surface area contributed by atoms with Crippen molar-refractivity contribution in [1.29, 1.82) is 0 Å². The molecule has 5 heteroatoms.